The number of methoxy groups -OCH3 is 2. The molecule has 0 radical (unpaired) electrons. The monoisotopic (exact) mass is 517 g/mol. The van der Waals surface area contributed by atoms with Crippen molar-refractivity contribution in [3.63, 3.8) is 0 Å². The van der Waals surface area contributed by atoms with Crippen LogP contribution in [0.25, 0.3) is 21.2 Å². The number of fused-ring (bicyclic) bond motifs is 2. The largest absolute Gasteiger partial charge is 0.493 e. The molecule has 0 aliphatic heterocycles. The van der Waals surface area contributed by atoms with Gasteiger partial charge in [0.05, 0.1) is 24.4 Å². The van der Waals surface area contributed by atoms with E-state index >= 15 is 0 Å². The van der Waals surface area contributed by atoms with Crippen LogP contribution in [-0.2, 0) is 0 Å². The molecule has 0 saturated carbocycles. The van der Waals surface area contributed by atoms with E-state index in [1.54, 1.807) is 43.4 Å². The Morgan fingerprint density at radius 2 is 1.71 bits per heavy atom. The molecule has 186 valence electrons. The van der Waals surface area contributed by atoms with Crippen molar-refractivity contribution in [2.75, 3.05) is 45.3 Å². The maximum absolute atomic E-state index is 13.7. The number of hydrogen-bond donors (Lipinski definition) is 0. The predicted molar refractivity (Wildman–Crippen MR) is 142 cm³/mol. The Balaban J connectivity index is 0.00000342. The summed E-state index contributed by atoms with van der Waals surface area (Å²) in [6, 6.07) is 12.4. The number of rotatable bonds is 9. The fraction of sp³-hybridized carbons (Fsp3) is 0.320. The molecule has 0 bridgehead atoms. The van der Waals surface area contributed by atoms with Crippen molar-refractivity contribution in [3.05, 3.63) is 58.4 Å². The van der Waals surface area contributed by atoms with Gasteiger partial charge in [-0.05, 0) is 25.2 Å². The molecule has 8 nitrogen and oxygen atoms in total. The number of nitrogens with zero attached hydrogens (tertiary/aromatic N) is 3. The summed E-state index contributed by atoms with van der Waals surface area (Å²) in [4.78, 5) is 34.9. The molecular weight excluding hydrogens is 490 g/mol. The quantitative estimate of drug-likeness (QED) is 0.294. The molecule has 0 fully saturated rings. The summed E-state index contributed by atoms with van der Waals surface area (Å²) in [5, 5.41) is 1.18. The number of amides is 1. The van der Waals surface area contributed by atoms with E-state index in [0.717, 1.165) is 17.8 Å². The van der Waals surface area contributed by atoms with Gasteiger partial charge in [-0.25, -0.2) is 9.78 Å². The van der Waals surface area contributed by atoms with Gasteiger partial charge in [0, 0.05) is 30.6 Å². The third kappa shape index (κ3) is 5.42. The Morgan fingerprint density at radius 3 is 2.40 bits per heavy atom. The van der Waals surface area contributed by atoms with Crippen molar-refractivity contribution in [2.24, 2.45) is 0 Å². The molecule has 2 heterocycles. The number of halogens is 1. The average molecular weight is 518 g/mol. The minimum Gasteiger partial charge on any atom is -0.493 e. The van der Waals surface area contributed by atoms with Crippen LogP contribution in [0.1, 0.15) is 24.2 Å². The first-order valence-corrected chi connectivity index (χ1v) is 11.9. The standard InChI is InChI=1S/C25H27N3O5S.ClH/c1-5-27(6-2)11-12-28(23(29)17-13-16-9-7-8-10-19(16)33-24(17)30)25-26-18-14-20(31-3)21(32-4)15-22(18)34-25;/h7-10,13-15H,5-6,11-12H2,1-4H3;1H. The molecule has 0 aliphatic carbocycles. The van der Waals surface area contributed by atoms with Gasteiger partial charge in [0.15, 0.2) is 16.6 Å². The van der Waals surface area contributed by atoms with Crippen molar-refractivity contribution >= 4 is 56.0 Å². The zero-order chi connectivity index (χ0) is 24.2. The lowest BCUT2D eigenvalue weighted by molar-refractivity contribution is 0.0980. The molecule has 0 aliphatic rings. The van der Waals surface area contributed by atoms with Gasteiger partial charge in [0.25, 0.3) is 5.91 Å². The molecule has 0 spiro atoms. The summed E-state index contributed by atoms with van der Waals surface area (Å²) in [6.07, 6.45) is 0. The first kappa shape index (κ1) is 26.5. The number of likely N-dealkylation sites (N-methyl/N-ethyl adjacent to an activating group) is 1. The van der Waals surface area contributed by atoms with E-state index in [-0.39, 0.29) is 18.0 Å². The number of benzene rings is 2. The summed E-state index contributed by atoms with van der Waals surface area (Å²) in [5.74, 6) is 0.703. The number of ether oxygens (including phenoxy) is 2. The Hall–Kier alpha value is -3.14. The van der Waals surface area contributed by atoms with Gasteiger partial charge in [-0.2, -0.15) is 0 Å². The van der Waals surface area contributed by atoms with E-state index < -0.39 is 11.5 Å². The van der Waals surface area contributed by atoms with Crippen LogP contribution < -0.4 is 20.0 Å². The Morgan fingerprint density at radius 1 is 1.03 bits per heavy atom. The van der Waals surface area contributed by atoms with Crippen molar-refractivity contribution in [1.29, 1.82) is 0 Å². The van der Waals surface area contributed by atoms with Crippen molar-refractivity contribution in [1.82, 2.24) is 9.88 Å². The second-order valence-electron chi connectivity index (χ2n) is 7.64. The fourth-order valence-corrected chi connectivity index (χ4v) is 4.78. The third-order valence-electron chi connectivity index (χ3n) is 5.76. The Bertz CT molecular complexity index is 1340. The molecule has 0 N–H and O–H groups in total. The zero-order valence-electron chi connectivity index (χ0n) is 20.1. The third-order valence-corrected chi connectivity index (χ3v) is 6.81. The first-order chi connectivity index (χ1) is 16.5. The summed E-state index contributed by atoms with van der Waals surface area (Å²) in [6.45, 7) is 6.87. The van der Waals surface area contributed by atoms with Crippen LogP contribution in [0.2, 0.25) is 0 Å². The number of para-hydroxylation sites is 1. The lowest BCUT2D eigenvalue weighted by Gasteiger charge is -2.24. The van der Waals surface area contributed by atoms with E-state index in [0.29, 0.717) is 46.2 Å². The maximum Gasteiger partial charge on any atom is 0.349 e. The van der Waals surface area contributed by atoms with Gasteiger partial charge >= 0.3 is 5.63 Å². The van der Waals surface area contributed by atoms with Gasteiger partial charge in [0.2, 0.25) is 0 Å². The fourth-order valence-electron chi connectivity index (χ4n) is 3.78. The van der Waals surface area contributed by atoms with Crippen molar-refractivity contribution < 1.29 is 18.7 Å². The smallest absolute Gasteiger partial charge is 0.349 e. The molecule has 35 heavy (non-hydrogen) atoms. The molecular formula is C25H28ClN3O5S. The van der Waals surface area contributed by atoms with Crippen molar-refractivity contribution in [3.8, 4) is 11.5 Å². The topological polar surface area (TPSA) is 85.1 Å². The Kier molecular flexibility index (Phi) is 8.71. The molecule has 1 amide bonds. The lowest BCUT2D eigenvalue weighted by Crippen LogP contribution is -2.40. The normalized spacial score (nSPS) is 11.0. The molecule has 2 aromatic carbocycles. The van der Waals surface area contributed by atoms with E-state index in [1.807, 2.05) is 18.2 Å². The SMILES string of the molecule is CCN(CC)CCN(C(=O)c1cc2ccccc2oc1=O)c1nc2cc(OC)c(OC)cc2s1.Cl. The van der Waals surface area contributed by atoms with Crippen LogP contribution in [0.5, 0.6) is 11.5 Å². The van der Waals surface area contributed by atoms with Gasteiger partial charge < -0.3 is 18.8 Å². The van der Waals surface area contributed by atoms with Gasteiger partial charge in [0.1, 0.15) is 11.1 Å². The second kappa shape index (κ2) is 11.5. The van der Waals surface area contributed by atoms with Crippen LogP contribution in [0, 0.1) is 0 Å². The minimum absolute atomic E-state index is 0. The van der Waals surface area contributed by atoms with Crippen LogP contribution in [-0.4, -0.2) is 56.2 Å². The van der Waals surface area contributed by atoms with E-state index in [1.165, 1.54) is 11.3 Å². The molecule has 0 unspecified atom stereocenters. The summed E-state index contributed by atoms with van der Waals surface area (Å²) in [7, 11) is 3.14. The lowest BCUT2D eigenvalue weighted by atomic mass is 10.1. The van der Waals surface area contributed by atoms with E-state index in [4.69, 9.17) is 18.9 Å². The number of anilines is 1. The highest BCUT2D eigenvalue weighted by Gasteiger charge is 2.25. The van der Waals surface area contributed by atoms with Crippen LogP contribution >= 0.6 is 23.7 Å². The highest BCUT2D eigenvalue weighted by atomic mass is 35.5. The second-order valence-corrected chi connectivity index (χ2v) is 8.65. The maximum atomic E-state index is 13.7. The predicted octanol–water partition coefficient (Wildman–Crippen LogP) is 4.83. The number of thiazole rings is 1. The average Bonchev–Trinajstić information content (AvgIpc) is 3.27. The zero-order valence-corrected chi connectivity index (χ0v) is 21.7. The first-order valence-electron chi connectivity index (χ1n) is 11.1. The summed E-state index contributed by atoms with van der Waals surface area (Å²) < 4.78 is 17.1. The van der Waals surface area contributed by atoms with E-state index in [9.17, 15) is 9.59 Å². The number of aromatic nitrogens is 1. The summed E-state index contributed by atoms with van der Waals surface area (Å²) in [5.41, 5.74) is 0.440. The molecule has 0 atom stereocenters. The molecule has 0 saturated heterocycles. The van der Waals surface area contributed by atoms with Crippen LogP contribution in [0.15, 0.2) is 51.7 Å². The van der Waals surface area contributed by atoms with E-state index in [2.05, 4.69) is 18.7 Å². The van der Waals surface area contributed by atoms with Gasteiger partial charge in [-0.3, -0.25) is 9.69 Å². The van der Waals surface area contributed by atoms with Crippen LogP contribution in [0.3, 0.4) is 0 Å². The molecule has 4 rings (SSSR count). The number of carbonyl (C=O) groups is 1. The number of carbonyl (C=O) groups excluding carboxylic acids is 1. The Labute approximate surface area is 213 Å². The van der Waals surface area contributed by atoms with Crippen LogP contribution in [0.4, 0.5) is 5.13 Å². The van der Waals surface area contributed by atoms with Gasteiger partial charge in [-0.15, -0.1) is 12.4 Å². The number of hydrogen-bond acceptors (Lipinski definition) is 8. The highest BCUT2D eigenvalue weighted by molar-refractivity contribution is 7.22. The summed E-state index contributed by atoms with van der Waals surface area (Å²) >= 11 is 1.36. The molecule has 2 aromatic heterocycles. The highest BCUT2D eigenvalue weighted by Crippen LogP contribution is 2.37. The molecule has 4 aromatic rings. The minimum atomic E-state index is -0.666. The molecule has 10 heteroatoms. The van der Waals surface area contributed by atoms with Gasteiger partial charge in [-0.1, -0.05) is 43.4 Å². The van der Waals surface area contributed by atoms with Crippen molar-refractivity contribution in [2.45, 2.75) is 13.8 Å².